The van der Waals surface area contributed by atoms with Crippen LogP contribution in [0.5, 0.6) is 5.75 Å². The number of anilines is 1. The highest BCUT2D eigenvalue weighted by Gasteiger charge is 2.20. The molecule has 0 bridgehead atoms. The first-order valence-corrected chi connectivity index (χ1v) is 11.1. The molecule has 186 valence electrons. The van der Waals surface area contributed by atoms with E-state index in [4.69, 9.17) is 4.74 Å². The zero-order chi connectivity index (χ0) is 25.7. The molecule has 2 aromatic carbocycles. The third-order valence-electron chi connectivity index (χ3n) is 5.48. The highest BCUT2D eigenvalue weighted by atomic mass is 16.5. The van der Waals surface area contributed by atoms with Gasteiger partial charge in [-0.3, -0.25) is 19.6 Å². The van der Waals surface area contributed by atoms with Crippen LogP contribution in [0.4, 0.5) is 10.5 Å². The molecule has 0 radical (unpaired) electrons. The quantitative estimate of drug-likeness (QED) is 0.333. The van der Waals surface area contributed by atoms with E-state index in [1.54, 1.807) is 28.8 Å². The maximum Gasteiger partial charge on any atom is 0.338 e. The number of fused-ring (bicyclic) bond motifs is 1. The van der Waals surface area contributed by atoms with Gasteiger partial charge in [-0.2, -0.15) is 0 Å². The van der Waals surface area contributed by atoms with Crippen LogP contribution in [0.1, 0.15) is 12.5 Å². The number of nitrogens with zero attached hydrogens (tertiary/aromatic N) is 4. The number of imidazole rings is 1. The van der Waals surface area contributed by atoms with Gasteiger partial charge in [0.05, 0.1) is 25.7 Å². The molecular formula is C24H25N7O5. The van der Waals surface area contributed by atoms with Gasteiger partial charge < -0.3 is 14.6 Å². The molecule has 12 heteroatoms. The maximum absolute atomic E-state index is 13.3. The lowest BCUT2D eigenvalue weighted by Crippen LogP contribution is -2.49. The van der Waals surface area contributed by atoms with Gasteiger partial charge in [-0.1, -0.05) is 42.5 Å². The standard InChI is InChI=1S/C24H25N7O5/c1-3-29-15-25-21-20(29)22(33)31(24(35)30(21)13-16-9-5-4-6-10-16)14-19(32)27-28-23(34)26-17-11-7-8-12-18(17)36-2/h4-12,15H,3,13-14H2,1-2H3,(H,27,32)(H2,26,28,34). The first kappa shape index (κ1) is 24.3. The fourth-order valence-electron chi connectivity index (χ4n) is 3.74. The summed E-state index contributed by atoms with van der Waals surface area (Å²) in [5.41, 5.74) is 4.75. The Kier molecular flexibility index (Phi) is 7.14. The van der Waals surface area contributed by atoms with Gasteiger partial charge in [0.15, 0.2) is 11.2 Å². The van der Waals surface area contributed by atoms with Crippen LogP contribution in [0.2, 0.25) is 0 Å². The summed E-state index contributed by atoms with van der Waals surface area (Å²) in [5, 5.41) is 2.54. The van der Waals surface area contributed by atoms with E-state index < -0.39 is 29.7 Å². The van der Waals surface area contributed by atoms with Crippen LogP contribution < -0.4 is 32.2 Å². The number of aromatic nitrogens is 4. The third-order valence-corrected chi connectivity index (χ3v) is 5.48. The Morgan fingerprint density at radius 2 is 1.69 bits per heavy atom. The average molecular weight is 492 g/mol. The molecular weight excluding hydrogens is 466 g/mol. The van der Waals surface area contributed by atoms with Crippen molar-refractivity contribution in [2.75, 3.05) is 12.4 Å². The molecule has 4 rings (SSSR count). The fraction of sp³-hybridized carbons (Fsp3) is 0.208. The predicted molar refractivity (Wildman–Crippen MR) is 133 cm³/mol. The van der Waals surface area contributed by atoms with Crippen molar-refractivity contribution in [2.45, 2.75) is 26.6 Å². The predicted octanol–water partition coefficient (Wildman–Crippen LogP) is 1.29. The van der Waals surface area contributed by atoms with E-state index in [0.717, 1.165) is 10.1 Å². The lowest BCUT2D eigenvalue weighted by atomic mass is 10.2. The molecule has 0 saturated carbocycles. The lowest BCUT2D eigenvalue weighted by Gasteiger charge is -2.14. The van der Waals surface area contributed by atoms with E-state index in [1.807, 2.05) is 37.3 Å². The monoisotopic (exact) mass is 491 g/mol. The van der Waals surface area contributed by atoms with Crippen LogP contribution in [-0.4, -0.2) is 37.7 Å². The van der Waals surface area contributed by atoms with Gasteiger partial charge in [0.25, 0.3) is 11.5 Å². The first-order valence-electron chi connectivity index (χ1n) is 11.1. The molecule has 36 heavy (non-hydrogen) atoms. The highest BCUT2D eigenvalue weighted by Crippen LogP contribution is 2.22. The summed E-state index contributed by atoms with van der Waals surface area (Å²) in [5.74, 6) is -0.331. The largest absolute Gasteiger partial charge is 0.495 e. The van der Waals surface area contributed by atoms with E-state index in [0.29, 0.717) is 18.0 Å². The van der Waals surface area contributed by atoms with Crippen molar-refractivity contribution in [3.8, 4) is 5.75 Å². The SMILES string of the molecule is CCn1cnc2c1c(=O)n(CC(=O)NNC(=O)Nc1ccccc1OC)c(=O)n2Cc1ccccc1. The van der Waals surface area contributed by atoms with E-state index >= 15 is 0 Å². The second kappa shape index (κ2) is 10.6. The van der Waals surface area contributed by atoms with Gasteiger partial charge in [-0.05, 0) is 24.6 Å². The van der Waals surface area contributed by atoms with Crippen molar-refractivity contribution in [3.63, 3.8) is 0 Å². The summed E-state index contributed by atoms with van der Waals surface area (Å²) in [4.78, 5) is 55.5. The van der Waals surface area contributed by atoms with Gasteiger partial charge >= 0.3 is 11.7 Å². The topological polar surface area (TPSA) is 141 Å². The zero-order valence-corrected chi connectivity index (χ0v) is 19.7. The average Bonchev–Trinajstić information content (AvgIpc) is 3.33. The van der Waals surface area contributed by atoms with Gasteiger partial charge in [-0.15, -0.1) is 0 Å². The summed E-state index contributed by atoms with van der Waals surface area (Å²) < 4.78 is 8.97. The Hall–Kier alpha value is -4.87. The number of rotatable bonds is 7. The summed E-state index contributed by atoms with van der Waals surface area (Å²) in [7, 11) is 1.46. The molecule has 4 aromatic rings. The molecule has 0 saturated heterocycles. The summed E-state index contributed by atoms with van der Waals surface area (Å²) in [6.45, 7) is 1.85. The smallest absolute Gasteiger partial charge is 0.338 e. The maximum atomic E-state index is 13.3. The number of carbonyl (C=O) groups is 2. The second-order valence-electron chi connectivity index (χ2n) is 7.78. The Balaban J connectivity index is 1.56. The number of para-hydroxylation sites is 2. The van der Waals surface area contributed by atoms with Crippen LogP contribution >= 0.6 is 0 Å². The molecule has 3 N–H and O–H groups in total. The molecule has 0 unspecified atom stereocenters. The van der Waals surface area contributed by atoms with Crippen LogP contribution in [-0.2, 0) is 24.4 Å². The minimum Gasteiger partial charge on any atom is -0.495 e. The number of urea groups is 1. The molecule has 0 spiro atoms. The number of hydrogen-bond donors (Lipinski definition) is 3. The number of hydrazine groups is 1. The minimum absolute atomic E-state index is 0.165. The molecule has 2 heterocycles. The van der Waals surface area contributed by atoms with E-state index in [1.165, 1.54) is 18.0 Å². The van der Waals surface area contributed by atoms with Gasteiger partial charge in [-0.25, -0.2) is 24.6 Å². The van der Waals surface area contributed by atoms with Crippen molar-refractivity contribution >= 4 is 28.8 Å². The Labute approximate surface area is 205 Å². The summed E-state index contributed by atoms with van der Waals surface area (Å²) in [6, 6.07) is 15.2. The van der Waals surface area contributed by atoms with Crippen molar-refractivity contribution in [1.82, 2.24) is 29.5 Å². The molecule has 2 aromatic heterocycles. The van der Waals surface area contributed by atoms with Gasteiger partial charge in [0.2, 0.25) is 0 Å². The first-order chi connectivity index (χ1) is 17.4. The summed E-state index contributed by atoms with van der Waals surface area (Å²) in [6.07, 6.45) is 1.49. The van der Waals surface area contributed by atoms with Crippen LogP contribution in [0.3, 0.4) is 0 Å². The molecule has 0 aliphatic rings. The zero-order valence-electron chi connectivity index (χ0n) is 19.7. The van der Waals surface area contributed by atoms with E-state index in [-0.39, 0.29) is 17.7 Å². The van der Waals surface area contributed by atoms with Crippen LogP contribution in [0.25, 0.3) is 11.2 Å². The number of ether oxygens (including phenoxy) is 1. The Bertz CT molecular complexity index is 1520. The number of nitrogens with one attached hydrogen (secondary N) is 3. The second-order valence-corrected chi connectivity index (χ2v) is 7.78. The number of methoxy groups -OCH3 is 1. The molecule has 0 fully saturated rings. The molecule has 0 aliphatic carbocycles. The number of benzene rings is 2. The van der Waals surface area contributed by atoms with Crippen molar-refractivity contribution in [1.29, 1.82) is 0 Å². The molecule has 12 nitrogen and oxygen atoms in total. The van der Waals surface area contributed by atoms with Gasteiger partial charge in [0.1, 0.15) is 12.3 Å². The molecule has 0 aliphatic heterocycles. The molecule has 0 atom stereocenters. The number of aryl methyl sites for hydroxylation is 1. The fourth-order valence-corrected chi connectivity index (χ4v) is 3.74. The Morgan fingerprint density at radius 3 is 2.42 bits per heavy atom. The number of hydrogen-bond acceptors (Lipinski definition) is 6. The van der Waals surface area contributed by atoms with Gasteiger partial charge in [0, 0.05) is 6.54 Å². The van der Waals surface area contributed by atoms with E-state index in [9.17, 15) is 19.2 Å². The normalized spacial score (nSPS) is 10.7. The van der Waals surface area contributed by atoms with E-state index in [2.05, 4.69) is 21.2 Å². The van der Waals surface area contributed by atoms with Crippen LogP contribution in [0.15, 0.2) is 70.5 Å². The van der Waals surface area contributed by atoms with Crippen molar-refractivity contribution < 1.29 is 14.3 Å². The Morgan fingerprint density at radius 1 is 0.972 bits per heavy atom. The minimum atomic E-state index is -0.766. The molecule has 3 amide bonds. The third kappa shape index (κ3) is 4.97. The van der Waals surface area contributed by atoms with Crippen molar-refractivity contribution in [2.24, 2.45) is 0 Å². The summed E-state index contributed by atoms with van der Waals surface area (Å²) >= 11 is 0. The number of carbonyl (C=O) groups excluding carboxylic acids is 2. The van der Waals surface area contributed by atoms with Crippen molar-refractivity contribution in [3.05, 3.63) is 87.3 Å². The highest BCUT2D eigenvalue weighted by molar-refractivity contribution is 5.92. The lowest BCUT2D eigenvalue weighted by molar-refractivity contribution is -0.122. The number of amides is 3. The van der Waals surface area contributed by atoms with Crippen LogP contribution in [0, 0.1) is 0 Å².